The van der Waals surface area contributed by atoms with Gasteiger partial charge in [-0.2, -0.15) is 0 Å². The van der Waals surface area contributed by atoms with Crippen molar-refractivity contribution in [1.82, 2.24) is 5.32 Å². The molecule has 1 aliphatic carbocycles. The third-order valence-corrected chi connectivity index (χ3v) is 4.94. The van der Waals surface area contributed by atoms with Gasteiger partial charge in [-0.25, -0.2) is 0 Å². The van der Waals surface area contributed by atoms with Crippen LogP contribution in [0.4, 0.5) is 5.69 Å². The highest BCUT2D eigenvalue weighted by molar-refractivity contribution is 5.90. The number of hydrogen-bond acceptors (Lipinski definition) is 3. The molecule has 138 valence electrons. The summed E-state index contributed by atoms with van der Waals surface area (Å²) in [6, 6.07) is 7.18. The van der Waals surface area contributed by atoms with Gasteiger partial charge >= 0.3 is 0 Å². The molecule has 0 radical (unpaired) electrons. The van der Waals surface area contributed by atoms with Crippen LogP contribution in [0, 0.1) is 5.92 Å². The van der Waals surface area contributed by atoms with Crippen molar-refractivity contribution < 1.29 is 14.7 Å². The first kappa shape index (κ1) is 19.4. The van der Waals surface area contributed by atoms with Gasteiger partial charge < -0.3 is 15.7 Å². The quantitative estimate of drug-likeness (QED) is 0.643. The summed E-state index contributed by atoms with van der Waals surface area (Å²) in [7, 11) is 0. The largest absolute Gasteiger partial charge is 0.394 e. The van der Waals surface area contributed by atoms with Crippen molar-refractivity contribution in [3.05, 3.63) is 29.8 Å². The van der Waals surface area contributed by atoms with E-state index in [1.807, 2.05) is 31.2 Å². The zero-order valence-electron chi connectivity index (χ0n) is 15.1. The Morgan fingerprint density at radius 1 is 1.16 bits per heavy atom. The predicted octanol–water partition coefficient (Wildman–Crippen LogP) is 3.03. The summed E-state index contributed by atoms with van der Waals surface area (Å²) in [6.45, 7) is 1.87. The monoisotopic (exact) mass is 346 g/mol. The lowest BCUT2D eigenvalue weighted by molar-refractivity contribution is -0.121. The lowest BCUT2D eigenvalue weighted by Crippen LogP contribution is -2.37. The fourth-order valence-electron chi connectivity index (χ4n) is 3.30. The van der Waals surface area contributed by atoms with E-state index in [0.717, 1.165) is 23.6 Å². The first-order chi connectivity index (χ1) is 12.1. The van der Waals surface area contributed by atoms with Crippen LogP contribution in [0.15, 0.2) is 24.3 Å². The molecule has 3 N–H and O–H groups in total. The zero-order valence-corrected chi connectivity index (χ0v) is 15.1. The van der Waals surface area contributed by atoms with Gasteiger partial charge in [-0.1, -0.05) is 44.7 Å². The second-order valence-corrected chi connectivity index (χ2v) is 6.97. The molecule has 1 aromatic carbocycles. The van der Waals surface area contributed by atoms with Gasteiger partial charge in [0, 0.05) is 12.1 Å². The molecule has 0 bridgehead atoms. The third kappa shape index (κ3) is 6.86. The Bertz CT molecular complexity index is 547. The minimum Gasteiger partial charge on any atom is -0.394 e. The molecule has 0 unspecified atom stereocenters. The van der Waals surface area contributed by atoms with Crippen LogP contribution in [0.5, 0.6) is 0 Å². The second kappa shape index (κ2) is 10.2. The molecule has 1 atom stereocenters. The standard InChI is InChI=1S/C20H30N2O3/c1-2-17(14-23)21-20(25)13-16-7-10-18(11-8-16)22-19(24)12-9-15-5-3-4-6-15/h7-8,10-11,15,17,23H,2-6,9,12-14H2,1H3,(H,21,25)(H,22,24)/t17-/m0/s1. The molecule has 5 nitrogen and oxygen atoms in total. The van der Waals surface area contributed by atoms with E-state index in [2.05, 4.69) is 10.6 Å². The molecule has 2 rings (SSSR count). The van der Waals surface area contributed by atoms with E-state index >= 15 is 0 Å². The average molecular weight is 346 g/mol. The Morgan fingerprint density at radius 3 is 2.44 bits per heavy atom. The van der Waals surface area contributed by atoms with Crippen molar-refractivity contribution in [3.63, 3.8) is 0 Å². The molecule has 1 aromatic rings. The molecule has 0 heterocycles. The van der Waals surface area contributed by atoms with Gasteiger partial charge in [-0.05, 0) is 36.5 Å². The van der Waals surface area contributed by atoms with Crippen LogP contribution in [0.2, 0.25) is 0 Å². The van der Waals surface area contributed by atoms with E-state index in [4.69, 9.17) is 5.11 Å². The lowest BCUT2D eigenvalue weighted by atomic mass is 10.0. The van der Waals surface area contributed by atoms with Gasteiger partial charge in [0.15, 0.2) is 0 Å². The van der Waals surface area contributed by atoms with Crippen molar-refractivity contribution in [3.8, 4) is 0 Å². The fraction of sp³-hybridized carbons (Fsp3) is 0.600. The summed E-state index contributed by atoms with van der Waals surface area (Å²) in [4.78, 5) is 23.9. The second-order valence-electron chi connectivity index (χ2n) is 6.97. The topological polar surface area (TPSA) is 78.4 Å². The third-order valence-electron chi connectivity index (χ3n) is 4.94. The van der Waals surface area contributed by atoms with E-state index in [9.17, 15) is 9.59 Å². The Morgan fingerprint density at radius 2 is 1.84 bits per heavy atom. The lowest BCUT2D eigenvalue weighted by Gasteiger charge is -2.14. The Hall–Kier alpha value is -1.88. The van der Waals surface area contributed by atoms with Crippen LogP contribution in [0.25, 0.3) is 0 Å². The molecule has 0 spiro atoms. The number of benzene rings is 1. The van der Waals surface area contributed by atoms with Gasteiger partial charge in [0.25, 0.3) is 0 Å². The Labute approximate surface area is 150 Å². The number of carbonyl (C=O) groups excluding carboxylic acids is 2. The highest BCUT2D eigenvalue weighted by atomic mass is 16.3. The van der Waals surface area contributed by atoms with Crippen molar-refractivity contribution in [2.24, 2.45) is 5.92 Å². The molecule has 0 saturated heterocycles. The van der Waals surface area contributed by atoms with Gasteiger partial charge in [0.2, 0.25) is 11.8 Å². The minimum atomic E-state index is -0.189. The van der Waals surface area contributed by atoms with Crippen LogP contribution < -0.4 is 10.6 Å². The molecule has 1 saturated carbocycles. The SMILES string of the molecule is CC[C@@H](CO)NC(=O)Cc1ccc(NC(=O)CCC2CCCC2)cc1. The highest BCUT2D eigenvalue weighted by Gasteiger charge is 2.16. The smallest absolute Gasteiger partial charge is 0.224 e. The Balaban J connectivity index is 1.74. The number of carbonyl (C=O) groups is 2. The minimum absolute atomic E-state index is 0.0476. The number of nitrogens with one attached hydrogen (secondary N) is 2. The number of hydrogen-bond donors (Lipinski definition) is 3. The molecular formula is C20H30N2O3. The molecule has 1 fully saturated rings. The number of rotatable bonds is 9. The predicted molar refractivity (Wildman–Crippen MR) is 99.3 cm³/mol. The number of anilines is 1. The molecule has 25 heavy (non-hydrogen) atoms. The number of aliphatic hydroxyl groups excluding tert-OH is 1. The van der Waals surface area contributed by atoms with Crippen LogP contribution in [0.1, 0.15) is 57.4 Å². The number of amides is 2. The first-order valence-corrected chi connectivity index (χ1v) is 9.39. The van der Waals surface area contributed by atoms with Crippen LogP contribution in [-0.4, -0.2) is 29.6 Å². The summed E-state index contributed by atoms with van der Waals surface area (Å²) in [5.41, 5.74) is 1.65. The Kier molecular flexibility index (Phi) is 7.92. The molecule has 1 aliphatic rings. The number of aliphatic hydroxyl groups is 1. The first-order valence-electron chi connectivity index (χ1n) is 9.39. The summed E-state index contributed by atoms with van der Waals surface area (Å²) in [6.07, 6.45) is 7.66. The van der Waals surface area contributed by atoms with Crippen LogP contribution in [0.3, 0.4) is 0 Å². The van der Waals surface area contributed by atoms with Gasteiger partial charge in [0.1, 0.15) is 0 Å². The summed E-state index contributed by atoms with van der Waals surface area (Å²) in [5.74, 6) is 0.679. The van der Waals surface area contributed by atoms with Crippen LogP contribution >= 0.6 is 0 Å². The zero-order chi connectivity index (χ0) is 18.1. The van der Waals surface area contributed by atoms with E-state index in [1.165, 1.54) is 25.7 Å². The maximum absolute atomic E-state index is 12.0. The highest BCUT2D eigenvalue weighted by Crippen LogP contribution is 2.28. The molecular weight excluding hydrogens is 316 g/mol. The van der Waals surface area contributed by atoms with Gasteiger partial charge in [0.05, 0.1) is 19.1 Å². The summed E-state index contributed by atoms with van der Waals surface area (Å²) in [5, 5.41) is 14.8. The van der Waals surface area contributed by atoms with Crippen molar-refractivity contribution in [2.75, 3.05) is 11.9 Å². The van der Waals surface area contributed by atoms with E-state index in [-0.39, 0.29) is 30.9 Å². The molecule has 0 aliphatic heterocycles. The van der Waals surface area contributed by atoms with Crippen molar-refractivity contribution in [1.29, 1.82) is 0 Å². The summed E-state index contributed by atoms with van der Waals surface area (Å²) >= 11 is 0. The average Bonchev–Trinajstić information content (AvgIpc) is 3.13. The normalized spacial score (nSPS) is 15.8. The van der Waals surface area contributed by atoms with Gasteiger partial charge in [-0.3, -0.25) is 9.59 Å². The molecule has 0 aromatic heterocycles. The molecule has 2 amide bonds. The van der Waals surface area contributed by atoms with E-state index in [1.54, 1.807) is 0 Å². The van der Waals surface area contributed by atoms with Crippen molar-refractivity contribution >= 4 is 17.5 Å². The maximum Gasteiger partial charge on any atom is 0.224 e. The summed E-state index contributed by atoms with van der Waals surface area (Å²) < 4.78 is 0. The van der Waals surface area contributed by atoms with Gasteiger partial charge in [-0.15, -0.1) is 0 Å². The van der Waals surface area contributed by atoms with E-state index < -0.39 is 0 Å². The van der Waals surface area contributed by atoms with Crippen LogP contribution in [-0.2, 0) is 16.0 Å². The van der Waals surface area contributed by atoms with E-state index in [0.29, 0.717) is 12.8 Å². The fourth-order valence-corrected chi connectivity index (χ4v) is 3.30. The van der Waals surface area contributed by atoms with Crippen molar-refractivity contribution in [2.45, 2.75) is 64.3 Å². The maximum atomic E-state index is 12.0. The molecule has 5 heteroatoms.